The predicted molar refractivity (Wildman–Crippen MR) is 51.5 cm³/mol. The summed E-state index contributed by atoms with van der Waals surface area (Å²) in [7, 11) is 0. The molecule has 0 aliphatic rings. The number of alkyl halides is 5. The van der Waals surface area contributed by atoms with Gasteiger partial charge in [-0.1, -0.05) is 0 Å². The summed E-state index contributed by atoms with van der Waals surface area (Å²) in [6.45, 7) is -0.368. The van der Waals surface area contributed by atoms with Crippen LogP contribution in [0.15, 0.2) is 10.7 Å². The molecule has 1 rings (SSSR count). The summed E-state index contributed by atoms with van der Waals surface area (Å²) in [6, 6.07) is 0.567. The first-order valence-electron chi connectivity index (χ1n) is 4.18. The zero-order valence-corrected chi connectivity index (χ0v) is 9.65. The first-order chi connectivity index (χ1) is 7.74. The van der Waals surface area contributed by atoms with E-state index in [0.29, 0.717) is 6.07 Å². The van der Waals surface area contributed by atoms with Crippen LogP contribution in [-0.4, -0.2) is 11.3 Å². The van der Waals surface area contributed by atoms with Gasteiger partial charge in [0.2, 0.25) is 0 Å². The highest BCUT2D eigenvalue weighted by atomic mass is 79.9. The van der Waals surface area contributed by atoms with E-state index < -0.39 is 24.1 Å². The monoisotopic (exact) mass is 320 g/mol. The van der Waals surface area contributed by atoms with Gasteiger partial charge in [0.05, 0.1) is 11.3 Å². The molecule has 0 bridgehead atoms. The Morgan fingerprint density at radius 1 is 1.41 bits per heavy atom. The Morgan fingerprint density at radius 3 is 2.41 bits per heavy atom. The van der Waals surface area contributed by atoms with Crippen molar-refractivity contribution in [1.29, 1.82) is 0 Å². The molecule has 17 heavy (non-hydrogen) atoms. The largest absolute Gasteiger partial charge is 0.573 e. The number of nitrogens with two attached hydrogens (primary N) is 1. The van der Waals surface area contributed by atoms with E-state index in [1.807, 2.05) is 0 Å². The number of hydrogen-bond donors (Lipinski definition) is 1. The van der Waals surface area contributed by atoms with E-state index in [1.165, 1.54) is 0 Å². The van der Waals surface area contributed by atoms with Crippen LogP contribution in [0.1, 0.15) is 17.7 Å². The normalized spacial score (nSPS) is 12.0. The van der Waals surface area contributed by atoms with Gasteiger partial charge in [0.15, 0.2) is 5.75 Å². The number of halogens is 6. The fraction of sp³-hybridized carbons (Fsp3) is 0.375. The first kappa shape index (κ1) is 14.1. The Kier molecular flexibility index (Phi) is 4.26. The average molecular weight is 321 g/mol. The lowest BCUT2D eigenvalue weighted by Gasteiger charge is -2.14. The van der Waals surface area contributed by atoms with Crippen LogP contribution in [0.5, 0.6) is 5.75 Å². The Balaban J connectivity index is 3.22. The second kappa shape index (κ2) is 5.13. The molecule has 0 saturated carbocycles. The van der Waals surface area contributed by atoms with E-state index in [4.69, 9.17) is 5.73 Å². The Morgan fingerprint density at radius 2 is 2.00 bits per heavy atom. The SMILES string of the molecule is NCc1nc(Br)c(C(F)F)cc1OC(F)(F)F. The number of pyridine rings is 1. The van der Waals surface area contributed by atoms with Crippen molar-refractivity contribution in [1.82, 2.24) is 4.98 Å². The van der Waals surface area contributed by atoms with Crippen molar-refractivity contribution >= 4 is 15.9 Å². The fourth-order valence-corrected chi connectivity index (χ4v) is 1.54. The lowest BCUT2D eigenvalue weighted by atomic mass is 10.2. The second-order valence-electron chi connectivity index (χ2n) is 2.87. The van der Waals surface area contributed by atoms with Crippen LogP contribution in [0.4, 0.5) is 22.0 Å². The molecule has 0 amide bonds. The van der Waals surface area contributed by atoms with Crippen LogP contribution >= 0.6 is 15.9 Å². The maximum Gasteiger partial charge on any atom is 0.573 e. The molecule has 0 aromatic carbocycles. The Labute approximate surface area is 101 Å². The molecule has 0 radical (unpaired) electrons. The van der Waals surface area contributed by atoms with Crippen LogP contribution in [0.25, 0.3) is 0 Å². The third kappa shape index (κ3) is 3.77. The molecule has 0 spiro atoms. The summed E-state index contributed by atoms with van der Waals surface area (Å²) in [4.78, 5) is 3.48. The van der Waals surface area contributed by atoms with E-state index in [1.54, 1.807) is 0 Å². The van der Waals surface area contributed by atoms with Gasteiger partial charge >= 0.3 is 6.36 Å². The minimum Gasteiger partial charge on any atom is -0.404 e. The van der Waals surface area contributed by atoms with Crippen molar-refractivity contribution in [3.05, 3.63) is 21.9 Å². The summed E-state index contributed by atoms with van der Waals surface area (Å²) >= 11 is 2.72. The number of rotatable bonds is 3. The molecule has 2 N–H and O–H groups in total. The van der Waals surface area contributed by atoms with Crippen LogP contribution in [0.3, 0.4) is 0 Å². The van der Waals surface area contributed by atoms with Crippen molar-refractivity contribution < 1.29 is 26.7 Å². The number of ether oxygens (including phenoxy) is 1. The quantitative estimate of drug-likeness (QED) is 0.687. The third-order valence-corrected chi connectivity index (χ3v) is 2.33. The van der Waals surface area contributed by atoms with Crippen molar-refractivity contribution in [2.24, 2.45) is 5.73 Å². The Hall–Kier alpha value is -0.960. The minimum atomic E-state index is -4.99. The van der Waals surface area contributed by atoms with E-state index in [9.17, 15) is 22.0 Å². The molecule has 0 fully saturated rings. The molecule has 96 valence electrons. The standard InChI is InChI=1S/C8H6BrF5N2O/c9-6-3(7(10)11)1-5(4(2-15)16-6)17-8(12,13)14/h1,7H,2,15H2. The summed E-state index contributed by atoms with van der Waals surface area (Å²) < 4.78 is 64.2. The van der Waals surface area contributed by atoms with Gasteiger partial charge in [-0.25, -0.2) is 13.8 Å². The number of hydrogen-bond acceptors (Lipinski definition) is 3. The molecule has 1 aromatic heterocycles. The highest BCUT2D eigenvalue weighted by molar-refractivity contribution is 9.10. The summed E-state index contributed by atoms with van der Waals surface area (Å²) in [5.41, 5.74) is 4.19. The summed E-state index contributed by atoms with van der Waals surface area (Å²) in [6.07, 6.45) is -7.96. The molecule has 1 aromatic rings. The van der Waals surface area contributed by atoms with E-state index in [0.717, 1.165) is 0 Å². The van der Waals surface area contributed by atoms with Gasteiger partial charge in [0, 0.05) is 6.54 Å². The summed E-state index contributed by atoms with van der Waals surface area (Å²) in [5.74, 6) is -0.821. The average Bonchev–Trinajstić information content (AvgIpc) is 2.17. The van der Waals surface area contributed by atoms with Gasteiger partial charge in [-0.15, -0.1) is 13.2 Å². The molecule has 0 saturated heterocycles. The molecule has 0 unspecified atom stereocenters. The maximum atomic E-state index is 12.4. The Bertz CT molecular complexity index is 410. The molecule has 0 atom stereocenters. The van der Waals surface area contributed by atoms with E-state index >= 15 is 0 Å². The third-order valence-electron chi connectivity index (χ3n) is 1.70. The number of aromatic nitrogens is 1. The number of nitrogens with zero attached hydrogens (tertiary/aromatic N) is 1. The zero-order valence-electron chi connectivity index (χ0n) is 8.06. The first-order valence-corrected chi connectivity index (χ1v) is 4.97. The van der Waals surface area contributed by atoms with Gasteiger partial charge in [-0.2, -0.15) is 0 Å². The van der Waals surface area contributed by atoms with Crippen molar-refractivity contribution in [2.45, 2.75) is 19.3 Å². The molecule has 0 aliphatic carbocycles. The van der Waals surface area contributed by atoms with Crippen LogP contribution in [0, 0.1) is 0 Å². The fourth-order valence-electron chi connectivity index (χ4n) is 1.03. The zero-order chi connectivity index (χ0) is 13.2. The topological polar surface area (TPSA) is 48.1 Å². The molecule has 0 aliphatic heterocycles. The van der Waals surface area contributed by atoms with Gasteiger partial charge < -0.3 is 10.5 Å². The molecule has 3 nitrogen and oxygen atoms in total. The highest BCUT2D eigenvalue weighted by Gasteiger charge is 2.33. The summed E-state index contributed by atoms with van der Waals surface area (Å²) in [5, 5.41) is 0. The van der Waals surface area contributed by atoms with E-state index in [-0.39, 0.29) is 16.8 Å². The lowest BCUT2D eigenvalue weighted by molar-refractivity contribution is -0.275. The van der Waals surface area contributed by atoms with Crippen LogP contribution < -0.4 is 10.5 Å². The molecule has 9 heteroatoms. The van der Waals surface area contributed by atoms with Crippen LogP contribution in [-0.2, 0) is 6.54 Å². The molecular weight excluding hydrogens is 315 g/mol. The highest BCUT2D eigenvalue weighted by Crippen LogP contribution is 2.33. The predicted octanol–water partition coefficient (Wildman–Crippen LogP) is 3.14. The van der Waals surface area contributed by atoms with Gasteiger partial charge in [0.1, 0.15) is 4.60 Å². The minimum absolute atomic E-state index is 0.262. The van der Waals surface area contributed by atoms with Crippen molar-refractivity contribution in [3.63, 3.8) is 0 Å². The van der Waals surface area contributed by atoms with Crippen molar-refractivity contribution in [2.75, 3.05) is 0 Å². The lowest BCUT2D eigenvalue weighted by Crippen LogP contribution is -2.19. The van der Waals surface area contributed by atoms with Gasteiger partial charge in [-0.05, 0) is 22.0 Å². The van der Waals surface area contributed by atoms with Crippen LogP contribution in [0.2, 0.25) is 0 Å². The van der Waals surface area contributed by atoms with Crippen molar-refractivity contribution in [3.8, 4) is 5.75 Å². The molecular formula is C8H6BrF5N2O. The second-order valence-corrected chi connectivity index (χ2v) is 3.62. The van der Waals surface area contributed by atoms with E-state index in [2.05, 4.69) is 25.7 Å². The molecule has 1 heterocycles. The van der Waals surface area contributed by atoms with Gasteiger partial charge in [0.25, 0.3) is 6.43 Å². The smallest absolute Gasteiger partial charge is 0.404 e. The van der Waals surface area contributed by atoms with Gasteiger partial charge in [-0.3, -0.25) is 0 Å². The maximum absolute atomic E-state index is 12.4.